The molecule has 1 aliphatic heterocycles. The third-order valence-electron chi connectivity index (χ3n) is 7.14. The number of nitrogens with zero attached hydrogens (tertiary/aromatic N) is 4. The molecule has 1 fully saturated rings. The fourth-order valence-electron chi connectivity index (χ4n) is 5.10. The summed E-state index contributed by atoms with van der Waals surface area (Å²) in [6.07, 6.45) is 3.63. The number of hydrogen-bond acceptors (Lipinski definition) is 4. The van der Waals surface area contributed by atoms with Gasteiger partial charge >= 0.3 is 0 Å². The Kier molecular flexibility index (Phi) is 6.74. The Balaban J connectivity index is 1.61. The van der Waals surface area contributed by atoms with Crippen LogP contribution in [0.25, 0.3) is 33.9 Å². The monoisotopic (exact) mass is 485 g/mol. The number of H-pyrrole nitrogens is 1. The van der Waals surface area contributed by atoms with E-state index in [2.05, 4.69) is 53.7 Å². The molecule has 0 amide bonds. The van der Waals surface area contributed by atoms with Crippen molar-refractivity contribution in [3.8, 4) is 33.9 Å². The summed E-state index contributed by atoms with van der Waals surface area (Å²) in [5.41, 5.74) is 10.5. The lowest BCUT2D eigenvalue weighted by molar-refractivity contribution is 0.148. The average Bonchev–Trinajstić information content (AvgIpc) is 3.28. The molecule has 0 saturated carbocycles. The van der Waals surface area contributed by atoms with Gasteiger partial charge in [0.2, 0.25) is 0 Å². The van der Waals surface area contributed by atoms with E-state index < -0.39 is 0 Å². The largest absolute Gasteiger partial charge is 0.337 e. The molecule has 0 bridgehead atoms. The maximum atomic E-state index is 6.18. The first-order chi connectivity index (χ1) is 16.9. The number of nitrogens with one attached hydrogen (secondary N) is 1. The molecule has 4 aromatic rings. The number of halogens is 1. The normalized spacial score (nSPS) is 15.0. The van der Waals surface area contributed by atoms with Crippen LogP contribution in [-0.2, 0) is 6.54 Å². The number of hydrogen-bond donors (Lipinski definition) is 1. The lowest BCUT2D eigenvalue weighted by Crippen LogP contribution is -2.44. The van der Waals surface area contributed by atoms with E-state index in [4.69, 9.17) is 16.6 Å². The van der Waals surface area contributed by atoms with Gasteiger partial charge in [0, 0.05) is 66.8 Å². The Morgan fingerprint density at radius 1 is 0.886 bits per heavy atom. The molecule has 5 rings (SSSR count). The molecule has 1 aliphatic rings. The molecule has 1 saturated heterocycles. The van der Waals surface area contributed by atoms with E-state index in [1.54, 1.807) is 0 Å². The molecule has 0 unspecified atom stereocenters. The van der Waals surface area contributed by atoms with Crippen molar-refractivity contribution in [2.24, 2.45) is 0 Å². The third-order valence-corrected chi connectivity index (χ3v) is 7.39. The molecule has 5 nitrogen and oxygen atoms in total. The van der Waals surface area contributed by atoms with E-state index in [0.717, 1.165) is 61.1 Å². The van der Waals surface area contributed by atoms with Crippen molar-refractivity contribution in [3.63, 3.8) is 0 Å². The van der Waals surface area contributed by atoms with Gasteiger partial charge in [-0.2, -0.15) is 0 Å². The number of aryl methyl sites for hydroxylation is 2. The van der Waals surface area contributed by atoms with Gasteiger partial charge in [-0.05, 0) is 74.3 Å². The summed E-state index contributed by atoms with van der Waals surface area (Å²) in [7, 11) is 2.20. The van der Waals surface area contributed by atoms with Crippen molar-refractivity contribution in [1.29, 1.82) is 0 Å². The van der Waals surface area contributed by atoms with E-state index >= 15 is 0 Å². The van der Waals surface area contributed by atoms with Gasteiger partial charge in [-0.1, -0.05) is 29.8 Å². The second kappa shape index (κ2) is 9.94. The molecule has 3 heterocycles. The molecule has 2 aromatic heterocycles. The number of likely N-dealkylation sites (N-methyl/N-ethyl adjacent to an activating group) is 1. The molecule has 2 aromatic carbocycles. The summed E-state index contributed by atoms with van der Waals surface area (Å²) >= 11 is 6.18. The number of aromatic nitrogens is 3. The van der Waals surface area contributed by atoms with Gasteiger partial charge in [0.1, 0.15) is 5.82 Å². The maximum Gasteiger partial charge on any atom is 0.139 e. The van der Waals surface area contributed by atoms with Crippen molar-refractivity contribution < 1.29 is 0 Å². The Labute approximate surface area is 212 Å². The van der Waals surface area contributed by atoms with Crippen molar-refractivity contribution >= 4 is 11.6 Å². The minimum absolute atomic E-state index is 0.716. The summed E-state index contributed by atoms with van der Waals surface area (Å²) in [6, 6.07) is 14.2. The van der Waals surface area contributed by atoms with Crippen molar-refractivity contribution in [2.75, 3.05) is 33.2 Å². The molecule has 0 aliphatic carbocycles. The lowest BCUT2D eigenvalue weighted by Gasteiger charge is -2.33. The van der Waals surface area contributed by atoms with Crippen molar-refractivity contribution in [1.82, 2.24) is 24.8 Å². The Morgan fingerprint density at radius 3 is 2.26 bits per heavy atom. The Morgan fingerprint density at radius 2 is 1.57 bits per heavy atom. The summed E-state index contributed by atoms with van der Waals surface area (Å²) in [5, 5.41) is 0.716. The summed E-state index contributed by atoms with van der Waals surface area (Å²) in [5.74, 6) is 0.899. The number of rotatable bonds is 5. The van der Waals surface area contributed by atoms with E-state index in [1.165, 1.54) is 27.8 Å². The molecule has 0 atom stereocenters. The SMILES string of the molecule is Cc1cc(C)c(-c2nc(-c3ccc(Cl)cc3)c(-c3ccncc3)[nH]2)c(C)c1CN1CCN(C)CC1. The molecule has 0 radical (unpaired) electrons. The fraction of sp³-hybridized carbons (Fsp3) is 0.310. The number of benzene rings is 2. The molecule has 6 heteroatoms. The van der Waals surface area contributed by atoms with Crippen LogP contribution in [0.15, 0.2) is 54.9 Å². The van der Waals surface area contributed by atoms with E-state index in [1.807, 2.05) is 48.8 Å². The average molecular weight is 486 g/mol. The van der Waals surface area contributed by atoms with Crippen LogP contribution in [0.1, 0.15) is 22.3 Å². The number of aromatic amines is 1. The Hall–Kier alpha value is -2.99. The highest BCUT2D eigenvalue weighted by molar-refractivity contribution is 6.30. The number of pyridine rings is 1. The standard InChI is InChI=1S/C29H32ClN5/c1-19-17-20(2)26(21(3)25(19)18-35-15-13-34(4)14-16-35)29-32-27(22-5-7-24(30)8-6-22)28(33-29)23-9-11-31-12-10-23/h5-12,17H,13-16,18H2,1-4H3,(H,32,33). The van der Waals surface area contributed by atoms with Gasteiger partial charge in [-0.3, -0.25) is 9.88 Å². The maximum absolute atomic E-state index is 6.18. The highest BCUT2D eigenvalue weighted by atomic mass is 35.5. The zero-order valence-electron chi connectivity index (χ0n) is 20.9. The van der Waals surface area contributed by atoms with Crippen molar-refractivity contribution in [2.45, 2.75) is 27.3 Å². The molecule has 180 valence electrons. The molecular formula is C29H32ClN5. The zero-order chi connectivity index (χ0) is 24.5. The number of piperazine rings is 1. The predicted octanol–water partition coefficient (Wildman–Crippen LogP) is 6.13. The first kappa shape index (κ1) is 23.7. The van der Waals surface area contributed by atoms with E-state index in [-0.39, 0.29) is 0 Å². The first-order valence-corrected chi connectivity index (χ1v) is 12.6. The van der Waals surface area contributed by atoms with Crippen LogP contribution in [0.3, 0.4) is 0 Å². The van der Waals surface area contributed by atoms with Gasteiger partial charge in [-0.25, -0.2) is 4.98 Å². The van der Waals surface area contributed by atoms with Crippen LogP contribution in [0.4, 0.5) is 0 Å². The second-order valence-corrected chi connectivity index (χ2v) is 10.1. The van der Waals surface area contributed by atoms with Crippen LogP contribution in [0.2, 0.25) is 5.02 Å². The lowest BCUT2D eigenvalue weighted by atomic mass is 9.92. The van der Waals surface area contributed by atoms with Crippen LogP contribution >= 0.6 is 11.6 Å². The van der Waals surface area contributed by atoms with E-state index in [0.29, 0.717) is 5.02 Å². The van der Waals surface area contributed by atoms with Crippen LogP contribution in [0.5, 0.6) is 0 Å². The summed E-state index contributed by atoms with van der Waals surface area (Å²) in [4.78, 5) is 18.0. The molecule has 1 N–H and O–H groups in total. The predicted molar refractivity (Wildman–Crippen MR) is 145 cm³/mol. The molecular weight excluding hydrogens is 454 g/mol. The van der Waals surface area contributed by atoms with Crippen molar-refractivity contribution in [3.05, 3.63) is 82.1 Å². The topological polar surface area (TPSA) is 48.1 Å². The number of imidazole rings is 1. The quantitative estimate of drug-likeness (QED) is 0.369. The summed E-state index contributed by atoms with van der Waals surface area (Å²) in [6.45, 7) is 12.1. The Bertz CT molecular complexity index is 1320. The van der Waals surface area contributed by atoms with Gasteiger partial charge in [0.15, 0.2) is 0 Å². The smallest absolute Gasteiger partial charge is 0.139 e. The third kappa shape index (κ3) is 4.90. The highest BCUT2D eigenvalue weighted by Crippen LogP contribution is 2.37. The van der Waals surface area contributed by atoms with Crippen LogP contribution < -0.4 is 0 Å². The second-order valence-electron chi connectivity index (χ2n) is 9.62. The zero-order valence-corrected chi connectivity index (χ0v) is 21.7. The highest BCUT2D eigenvalue weighted by Gasteiger charge is 2.22. The fourth-order valence-corrected chi connectivity index (χ4v) is 5.23. The first-order valence-electron chi connectivity index (χ1n) is 12.2. The molecule has 35 heavy (non-hydrogen) atoms. The van der Waals surface area contributed by atoms with Crippen LogP contribution in [0, 0.1) is 20.8 Å². The van der Waals surface area contributed by atoms with Gasteiger partial charge in [-0.15, -0.1) is 0 Å². The molecule has 0 spiro atoms. The van der Waals surface area contributed by atoms with Crippen LogP contribution in [-0.4, -0.2) is 58.0 Å². The van der Waals surface area contributed by atoms with Gasteiger partial charge < -0.3 is 9.88 Å². The minimum atomic E-state index is 0.716. The summed E-state index contributed by atoms with van der Waals surface area (Å²) < 4.78 is 0. The van der Waals surface area contributed by atoms with E-state index in [9.17, 15) is 0 Å². The van der Waals surface area contributed by atoms with Gasteiger partial charge in [0.05, 0.1) is 11.4 Å². The van der Waals surface area contributed by atoms with Gasteiger partial charge in [0.25, 0.3) is 0 Å². The minimum Gasteiger partial charge on any atom is -0.337 e.